The molecule has 0 aromatic carbocycles. The molecule has 6 atom stereocenters. The summed E-state index contributed by atoms with van der Waals surface area (Å²) in [7, 11) is 0. The highest BCUT2D eigenvalue weighted by Crippen LogP contribution is 2.72. The minimum Gasteiger partial charge on any atom is -0.464 e. The van der Waals surface area contributed by atoms with E-state index in [1.54, 1.807) is 0 Å². The van der Waals surface area contributed by atoms with Crippen LogP contribution in [0.2, 0.25) is 0 Å². The molecule has 0 amide bonds. The SMILES string of the molecule is C=C1C(=O)[C@@]23CC[C@H]4[C@@](C)(CCC[C@@]4(C)C(=O)OCCBr)[C@@H]2CC[C@@]1(OC(C)=O)C3. The first-order valence-electron chi connectivity index (χ1n) is 11.2. The van der Waals surface area contributed by atoms with Crippen molar-refractivity contribution in [3.63, 3.8) is 0 Å². The first kappa shape index (κ1) is 22.0. The average molecular weight is 481 g/mol. The second kappa shape index (κ2) is 7.18. The summed E-state index contributed by atoms with van der Waals surface area (Å²) in [6, 6.07) is 0. The molecule has 30 heavy (non-hydrogen) atoms. The lowest BCUT2D eigenvalue weighted by Gasteiger charge is -2.63. The largest absolute Gasteiger partial charge is 0.464 e. The van der Waals surface area contributed by atoms with E-state index in [1.807, 2.05) is 0 Å². The summed E-state index contributed by atoms with van der Waals surface area (Å²) in [4.78, 5) is 38.5. The van der Waals surface area contributed by atoms with Crippen molar-refractivity contribution >= 4 is 33.7 Å². The lowest BCUT2D eigenvalue weighted by molar-refractivity contribution is -0.194. The maximum atomic E-state index is 13.6. The summed E-state index contributed by atoms with van der Waals surface area (Å²) in [6.07, 6.45) is 6.42. The zero-order valence-electron chi connectivity index (χ0n) is 18.4. The Morgan fingerprint density at radius 2 is 1.83 bits per heavy atom. The summed E-state index contributed by atoms with van der Waals surface area (Å²) in [5, 5.41) is 0.636. The number of fused-ring (bicyclic) bond motifs is 3. The first-order chi connectivity index (χ1) is 14.1. The summed E-state index contributed by atoms with van der Waals surface area (Å²) >= 11 is 3.34. The number of hydrogen-bond acceptors (Lipinski definition) is 5. The van der Waals surface area contributed by atoms with E-state index in [0.717, 1.165) is 38.5 Å². The van der Waals surface area contributed by atoms with E-state index in [0.29, 0.717) is 30.4 Å². The molecule has 6 heteroatoms. The number of carbonyl (C=O) groups excluding carboxylic acids is 3. The normalized spacial score (nSPS) is 44.8. The number of alkyl halides is 1. The second-order valence-electron chi connectivity index (χ2n) is 10.5. The van der Waals surface area contributed by atoms with Gasteiger partial charge < -0.3 is 9.47 Å². The number of ether oxygens (including phenoxy) is 2. The molecular weight excluding hydrogens is 448 g/mol. The molecule has 0 aromatic rings. The molecule has 0 heterocycles. The van der Waals surface area contributed by atoms with Gasteiger partial charge in [0, 0.05) is 29.7 Å². The average Bonchev–Trinajstić information content (AvgIpc) is 2.83. The van der Waals surface area contributed by atoms with E-state index >= 15 is 0 Å². The zero-order valence-corrected chi connectivity index (χ0v) is 19.9. The summed E-state index contributed by atoms with van der Waals surface area (Å²) < 4.78 is 11.3. The fourth-order valence-electron chi connectivity index (χ4n) is 8.06. The van der Waals surface area contributed by atoms with E-state index in [2.05, 4.69) is 36.4 Å². The monoisotopic (exact) mass is 480 g/mol. The molecule has 4 rings (SSSR count). The molecule has 4 aliphatic carbocycles. The van der Waals surface area contributed by atoms with Crippen molar-refractivity contribution in [2.24, 2.45) is 28.1 Å². The van der Waals surface area contributed by atoms with E-state index in [1.165, 1.54) is 6.92 Å². The van der Waals surface area contributed by atoms with Crippen LogP contribution in [0.4, 0.5) is 0 Å². The van der Waals surface area contributed by atoms with Gasteiger partial charge in [-0.1, -0.05) is 35.9 Å². The zero-order chi connectivity index (χ0) is 21.9. The number of ketones is 1. The Balaban J connectivity index is 1.70. The summed E-state index contributed by atoms with van der Waals surface area (Å²) in [5.41, 5.74) is -1.47. The Morgan fingerprint density at radius 1 is 1.13 bits per heavy atom. The molecule has 0 N–H and O–H groups in total. The topological polar surface area (TPSA) is 69.7 Å². The van der Waals surface area contributed by atoms with Crippen LogP contribution in [-0.4, -0.2) is 35.3 Å². The third-order valence-corrected chi connectivity index (χ3v) is 9.47. The van der Waals surface area contributed by atoms with Gasteiger partial charge in [-0.2, -0.15) is 0 Å². The van der Waals surface area contributed by atoms with Gasteiger partial charge in [0.15, 0.2) is 5.78 Å². The Morgan fingerprint density at radius 3 is 2.50 bits per heavy atom. The van der Waals surface area contributed by atoms with E-state index in [-0.39, 0.29) is 35.0 Å². The predicted octanol–water partition coefficient (Wildman–Crippen LogP) is 4.76. The number of hydrogen-bond donors (Lipinski definition) is 0. The van der Waals surface area contributed by atoms with Crippen LogP contribution in [0.5, 0.6) is 0 Å². The van der Waals surface area contributed by atoms with Crippen molar-refractivity contribution in [2.45, 2.75) is 77.7 Å². The lowest BCUT2D eigenvalue weighted by atomic mass is 9.40. The molecule has 166 valence electrons. The van der Waals surface area contributed by atoms with Gasteiger partial charge in [-0.25, -0.2) is 0 Å². The first-order valence-corrected chi connectivity index (χ1v) is 12.3. The smallest absolute Gasteiger partial charge is 0.312 e. The summed E-state index contributed by atoms with van der Waals surface area (Å²) in [5.74, 6) is 0.0307. The van der Waals surface area contributed by atoms with Crippen LogP contribution in [-0.2, 0) is 23.9 Å². The van der Waals surface area contributed by atoms with Crippen molar-refractivity contribution in [2.75, 3.05) is 11.9 Å². The second-order valence-corrected chi connectivity index (χ2v) is 11.3. The van der Waals surface area contributed by atoms with Crippen molar-refractivity contribution < 1.29 is 23.9 Å². The molecule has 4 saturated carbocycles. The highest BCUT2D eigenvalue weighted by atomic mass is 79.9. The van der Waals surface area contributed by atoms with Crippen molar-refractivity contribution in [3.05, 3.63) is 12.2 Å². The lowest BCUT2D eigenvalue weighted by Crippen LogP contribution is -2.60. The maximum absolute atomic E-state index is 13.6. The minimum atomic E-state index is -0.824. The van der Waals surface area contributed by atoms with E-state index in [4.69, 9.17) is 9.47 Å². The standard InChI is InChI=1S/C24H33BrO5/c1-15-19(27)23-10-6-17-21(3,8-5-9-22(17,4)20(28)29-13-12-25)18(23)7-11-24(15,14-23)30-16(2)26/h17-18H,1,5-14H2,2-4H3/t17-,18-,21+,22+,23+,24+/m0/s1. The quantitative estimate of drug-likeness (QED) is 0.329. The number of Topliss-reactive ketones (excluding diaryl/α,β-unsaturated/α-hetero) is 1. The van der Waals surface area contributed by atoms with Crippen LogP contribution in [0, 0.1) is 28.1 Å². The molecule has 4 fully saturated rings. The Hall–Kier alpha value is -1.17. The van der Waals surface area contributed by atoms with Crippen LogP contribution in [0.15, 0.2) is 12.2 Å². The van der Waals surface area contributed by atoms with Gasteiger partial charge in [0.1, 0.15) is 12.2 Å². The van der Waals surface area contributed by atoms with Crippen LogP contribution < -0.4 is 0 Å². The molecule has 0 saturated heterocycles. The molecule has 0 aromatic heterocycles. The van der Waals surface area contributed by atoms with E-state index < -0.39 is 16.4 Å². The highest BCUT2D eigenvalue weighted by Gasteiger charge is 2.72. The molecular formula is C24H33BrO5. The van der Waals surface area contributed by atoms with Gasteiger partial charge in [0.25, 0.3) is 0 Å². The minimum absolute atomic E-state index is 0.0962. The van der Waals surface area contributed by atoms with E-state index in [9.17, 15) is 14.4 Å². The van der Waals surface area contributed by atoms with Gasteiger partial charge >= 0.3 is 11.9 Å². The van der Waals surface area contributed by atoms with Gasteiger partial charge in [-0.15, -0.1) is 0 Å². The predicted molar refractivity (Wildman–Crippen MR) is 116 cm³/mol. The third kappa shape index (κ3) is 2.81. The Bertz CT molecular complexity index is 807. The fourth-order valence-corrected chi connectivity index (χ4v) is 8.22. The van der Waals surface area contributed by atoms with Crippen LogP contribution in [0.1, 0.15) is 72.1 Å². The molecule has 1 spiro atoms. The third-order valence-electron chi connectivity index (χ3n) is 9.15. The van der Waals surface area contributed by atoms with Gasteiger partial charge in [-0.05, 0) is 62.7 Å². The fraction of sp³-hybridized carbons (Fsp3) is 0.792. The highest BCUT2D eigenvalue weighted by molar-refractivity contribution is 9.09. The molecule has 0 aliphatic heterocycles. The number of halogens is 1. The molecule has 2 bridgehead atoms. The number of esters is 2. The number of carbonyl (C=O) groups is 3. The number of rotatable bonds is 4. The Labute approximate surface area is 187 Å². The molecule has 4 aliphatic rings. The molecule has 0 radical (unpaired) electrons. The van der Waals surface area contributed by atoms with Crippen molar-refractivity contribution in [1.29, 1.82) is 0 Å². The van der Waals surface area contributed by atoms with Gasteiger partial charge in [0.2, 0.25) is 0 Å². The van der Waals surface area contributed by atoms with Crippen molar-refractivity contribution in [3.8, 4) is 0 Å². The van der Waals surface area contributed by atoms with Crippen LogP contribution >= 0.6 is 15.9 Å². The molecule has 5 nitrogen and oxygen atoms in total. The molecule has 0 unspecified atom stereocenters. The van der Waals surface area contributed by atoms with Crippen molar-refractivity contribution in [1.82, 2.24) is 0 Å². The maximum Gasteiger partial charge on any atom is 0.312 e. The summed E-state index contributed by atoms with van der Waals surface area (Å²) in [6.45, 7) is 10.3. The van der Waals surface area contributed by atoms with Gasteiger partial charge in [0.05, 0.1) is 5.41 Å². The Kier molecular flexibility index (Phi) is 5.27. The van der Waals surface area contributed by atoms with Crippen LogP contribution in [0.25, 0.3) is 0 Å². The van der Waals surface area contributed by atoms with Gasteiger partial charge in [-0.3, -0.25) is 14.4 Å². The van der Waals surface area contributed by atoms with Crippen LogP contribution in [0.3, 0.4) is 0 Å².